The van der Waals surface area contributed by atoms with Crippen LogP contribution in [-0.4, -0.2) is 61.3 Å². The number of aliphatic imine (C=N–C) groups is 1. The van der Waals surface area contributed by atoms with Crippen molar-refractivity contribution in [2.45, 2.75) is 114 Å². The highest BCUT2D eigenvalue weighted by Crippen LogP contribution is 2.29. The van der Waals surface area contributed by atoms with Gasteiger partial charge >= 0.3 is 11.9 Å². The fourth-order valence-electron chi connectivity index (χ4n) is 4.24. The Kier molecular flexibility index (Phi) is 22.8. The molecule has 1 amide bonds. The average Bonchev–Trinajstić information content (AvgIpc) is 3.54. The topological polar surface area (TPSA) is 101 Å². The van der Waals surface area contributed by atoms with Gasteiger partial charge in [0.2, 0.25) is 5.91 Å². The number of amides is 1. The van der Waals surface area contributed by atoms with E-state index in [4.69, 9.17) is 9.73 Å². The first-order chi connectivity index (χ1) is 20.1. The number of carbonyl (C=O) groups is 3. The first kappa shape index (κ1) is 41.0. The average molecular weight is 590 g/mol. The highest BCUT2D eigenvalue weighted by Gasteiger charge is 2.27. The van der Waals surface area contributed by atoms with E-state index >= 15 is 0 Å². The van der Waals surface area contributed by atoms with Gasteiger partial charge in [0.15, 0.2) is 0 Å². The third-order valence-electron chi connectivity index (χ3n) is 6.54. The van der Waals surface area contributed by atoms with E-state index in [9.17, 15) is 14.4 Å². The zero-order valence-corrected chi connectivity index (χ0v) is 28.8. The van der Waals surface area contributed by atoms with Gasteiger partial charge in [-0.3, -0.25) is 14.6 Å². The highest BCUT2D eigenvalue weighted by atomic mass is 16.5. The second-order valence-electron chi connectivity index (χ2n) is 9.47. The zero-order valence-electron chi connectivity index (χ0n) is 28.8. The Labute approximate surface area is 255 Å². The van der Waals surface area contributed by atoms with Crippen molar-refractivity contribution in [3.8, 4) is 0 Å². The van der Waals surface area contributed by atoms with Crippen LogP contribution in [-0.2, 0) is 19.1 Å². The first-order valence-electron chi connectivity index (χ1n) is 15.7. The minimum absolute atomic E-state index is 0.0285. The van der Waals surface area contributed by atoms with Gasteiger partial charge in [-0.05, 0) is 38.2 Å². The summed E-state index contributed by atoms with van der Waals surface area (Å²) in [6, 6.07) is 0. The summed E-state index contributed by atoms with van der Waals surface area (Å²) in [7, 11) is 4.61. The van der Waals surface area contributed by atoms with E-state index in [0.717, 1.165) is 66.5 Å². The molecular weight excluding hydrogens is 530 g/mol. The Bertz CT molecular complexity index is 1140. The van der Waals surface area contributed by atoms with Crippen LogP contribution in [0.5, 0.6) is 0 Å². The number of methoxy groups -OCH3 is 2. The van der Waals surface area contributed by atoms with Crippen LogP contribution in [0.15, 0.2) is 16.8 Å². The number of rotatable bonds is 10. The number of aromatic nitrogens is 1. The lowest BCUT2D eigenvalue weighted by Gasteiger charge is -2.18. The van der Waals surface area contributed by atoms with Crippen molar-refractivity contribution in [1.29, 1.82) is 0 Å². The monoisotopic (exact) mass is 589 g/mol. The molecule has 0 bridgehead atoms. The molecular formula is C34H59N3O5. The first-order valence-corrected chi connectivity index (χ1v) is 15.7. The maximum absolute atomic E-state index is 13.1. The number of nitrogens with zero attached hydrogens (tertiary/aromatic N) is 2. The number of allylic oxidation sites excluding steroid dienone is 2. The van der Waals surface area contributed by atoms with E-state index in [1.54, 1.807) is 11.8 Å². The van der Waals surface area contributed by atoms with Crippen LogP contribution in [0, 0.1) is 12.8 Å². The number of aromatic amines is 1. The smallest absolute Gasteiger partial charge is 0.340 e. The van der Waals surface area contributed by atoms with Crippen molar-refractivity contribution < 1.29 is 23.9 Å². The molecule has 1 unspecified atom stereocenters. The maximum Gasteiger partial charge on any atom is 0.340 e. The molecule has 0 saturated carbocycles. The third-order valence-corrected chi connectivity index (χ3v) is 6.54. The summed E-state index contributed by atoms with van der Waals surface area (Å²) >= 11 is 0. The molecule has 0 fully saturated rings. The van der Waals surface area contributed by atoms with Crippen LogP contribution >= 0.6 is 0 Å². The lowest BCUT2D eigenvalue weighted by Crippen LogP contribution is -2.31. The van der Waals surface area contributed by atoms with Gasteiger partial charge in [0.25, 0.3) is 0 Å². The minimum Gasteiger partial charge on any atom is -0.469 e. The Morgan fingerprint density at radius 3 is 2.05 bits per heavy atom. The third kappa shape index (κ3) is 12.8. The van der Waals surface area contributed by atoms with E-state index < -0.39 is 5.97 Å². The van der Waals surface area contributed by atoms with Gasteiger partial charge in [0, 0.05) is 48.3 Å². The summed E-state index contributed by atoms with van der Waals surface area (Å²) in [5.41, 5.74) is 4.06. The van der Waals surface area contributed by atoms with Crippen molar-refractivity contribution in [3.05, 3.63) is 33.6 Å². The van der Waals surface area contributed by atoms with Crippen molar-refractivity contribution in [3.63, 3.8) is 0 Å². The zero-order chi connectivity index (χ0) is 32.8. The summed E-state index contributed by atoms with van der Waals surface area (Å²) in [4.78, 5) is 46.0. The normalized spacial score (nSPS) is 15.6. The standard InChI is InChI=1S/C26H39N3O3.C4H8O2.2C2H6/c1-8-11-14-29(6)23(30)16-19(22-15-17(4)20(27-22)12-9-2)25-24(26(31)32-7)18(5)21(28-25)13-10-3;1-3-4(5)6-2;2*1-2/h12-13,17,28H,8-11,14-16H2,1-7H3;3H2,1-2H3;2*1-2H3/b20-12-,21-13-,25-19-;;;. The Balaban J connectivity index is 0. The molecule has 0 saturated heterocycles. The summed E-state index contributed by atoms with van der Waals surface area (Å²) in [6.07, 6.45) is 9.34. The molecule has 0 spiro atoms. The van der Waals surface area contributed by atoms with Crippen LogP contribution in [0.25, 0.3) is 11.6 Å². The number of hydrogen-bond acceptors (Lipinski definition) is 6. The molecule has 1 atom stereocenters. The molecule has 1 aromatic rings. The highest BCUT2D eigenvalue weighted by molar-refractivity contribution is 6.23. The molecule has 1 N–H and O–H groups in total. The fourth-order valence-corrected chi connectivity index (χ4v) is 4.24. The molecule has 8 nitrogen and oxygen atoms in total. The van der Waals surface area contributed by atoms with Crippen molar-refractivity contribution in [2.75, 3.05) is 27.8 Å². The number of nitrogens with one attached hydrogen (secondary N) is 1. The quantitative estimate of drug-likeness (QED) is 0.314. The molecule has 0 aromatic carbocycles. The molecule has 8 heteroatoms. The fraction of sp³-hybridized carbons (Fsp3) is 0.647. The molecule has 2 heterocycles. The van der Waals surface area contributed by atoms with Crippen LogP contribution in [0.3, 0.4) is 0 Å². The molecule has 1 aliphatic heterocycles. The second-order valence-corrected chi connectivity index (χ2v) is 9.47. The molecule has 2 rings (SSSR count). The van der Waals surface area contributed by atoms with E-state index in [0.29, 0.717) is 17.3 Å². The number of esters is 2. The van der Waals surface area contributed by atoms with Gasteiger partial charge in [-0.25, -0.2) is 4.79 Å². The van der Waals surface area contributed by atoms with Gasteiger partial charge in [-0.2, -0.15) is 0 Å². The molecule has 1 aromatic heterocycles. The number of unbranched alkanes of at least 4 members (excludes halogenated alkanes) is 1. The van der Waals surface area contributed by atoms with Gasteiger partial charge in [-0.15, -0.1) is 0 Å². The summed E-state index contributed by atoms with van der Waals surface area (Å²) in [5, 5.41) is 1.55. The van der Waals surface area contributed by atoms with Gasteiger partial charge in [0.05, 0.1) is 31.6 Å². The summed E-state index contributed by atoms with van der Waals surface area (Å²) in [5.74, 6) is -0.243. The van der Waals surface area contributed by atoms with Crippen molar-refractivity contribution in [1.82, 2.24) is 9.88 Å². The van der Waals surface area contributed by atoms with E-state index in [1.807, 2.05) is 41.7 Å². The molecule has 1 aliphatic rings. The largest absolute Gasteiger partial charge is 0.469 e. The van der Waals surface area contributed by atoms with E-state index in [-0.39, 0.29) is 24.2 Å². The minimum atomic E-state index is -0.398. The van der Waals surface area contributed by atoms with Gasteiger partial charge < -0.3 is 19.4 Å². The van der Waals surface area contributed by atoms with Gasteiger partial charge in [0.1, 0.15) is 0 Å². The Morgan fingerprint density at radius 2 is 1.60 bits per heavy atom. The summed E-state index contributed by atoms with van der Waals surface area (Å²) < 4.78 is 9.38. The van der Waals surface area contributed by atoms with Crippen LogP contribution in [0.2, 0.25) is 0 Å². The lowest BCUT2D eigenvalue weighted by atomic mass is 9.96. The Hall–Kier alpha value is -3.16. The summed E-state index contributed by atoms with van der Waals surface area (Å²) in [6.45, 7) is 20.8. The molecule has 0 radical (unpaired) electrons. The predicted octanol–water partition coefficient (Wildman–Crippen LogP) is 6.50. The van der Waals surface area contributed by atoms with E-state index in [1.165, 1.54) is 14.2 Å². The molecule has 42 heavy (non-hydrogen) atoms. The molecule has 0 aliphatic carbocycles. The van der Waals surface area contributed by atoms with Crippen LogP contribution in [0.4, 0.5) is 0 Å². The SMILES string of the molecule is CC.CC.CC/C=C1N=C(/C(CC(=O)N(C)CCCC)=c2\[nH]/c(=C\CC)c(C)c2C(=O)OC)CC\1C.CCC(=O)OC. The number of ether oxygens (including phenoxy) is 2. The number of carbonyl (C=O) groups excluding carboxylic acids is 3. The van der Waals surface area contributed by atoms with Crippen molar-refractivity contribution >= 4 is 35.2 Å². The van der Waals surface area contributed by atoms with Crippen LogP contribution < -0.4 is 10.7 Å². The number of hydrogen-bond donors (Lipinski definition) is 1. The van der Waals surface area contributed by atoms with Crippen molar-refractivity contribution in [2.24, 2.45) is 10.9 Å². The molecule has 240 valence electrons. The predicted molar refractivity (Wildman–Crippen MR) is 176 cm³/mol. The maximum atomic E-state index is 13.1. The number of H-pyrrole nitrogens is 1. The Morgan fingerprint density at radius 1 is 1.00 bits per heavy atom. The van der Waals surface area contributed by atoms with E-state index in [2.05, 4.69) is 49.6 Å². The second kappa shape index (κ2) is 23.4. The van der Waals surface area contributed by atoms with Gasteiger partial charge in [-0.1, -0.05) is 80.9 Å². The van der Waals surface area contributed by atoms with Crippen LogP contribution in [0.1, 0.15) is 123 Å². The lowest BCUT2D eigenvalue weighted by molar-refractivity contribution is -0.140.